The number of nitrogens with zero attached hydrogens (tertiary/aromatic N) is 1. The number of unbranched alkanes of at least 4 members (excludes halogenated alkanes) is 14. The summed E-state index contributed by atoms with van der Waals surface area (Å²) in [6, 6.07) is 0. The fourth-order valence-electron chi connectivity index (χ4n) is 4.34. The van der Waals surface area contributed by atoms with Gasteiger partial charge in [0, 0.05) is 6.42 Å². The van der Waals surface area contributed by atoms with Crippen LogP contribution in [0.2, 0.25) is 0 Å². The number of hydrogen-bond donors (Lipinski definition) is 1. The van der Waals surface area contributed by atoms with Gasteiger partial charge in [0.05, 0.1) is 0 Å². The predicted octanol–water partition coefficient (Wildman–Crippen LogP) is 6.79. The number of primary amides is 1. The molecule has 0 rings (SSSR count). The van der Waals surface area contributed by atoms with Gasteiger partial charge in [-0.25, -0.2) is 0 Å². The summed E-state index contributed by atoms with van der Waals surface area (Å²) >= 11 is 0. The smallest absolute Gasteiger partial charge is 0.245 e. The molecule has 4 heteroatoms. The van der Waals surface area contributed by atoms with E-state index in [1.54, 1.807) is 6.92 Å². The zero-order chi connectivity index (χ0) is 22.7. The predicted molar refractivity (Wildman–Crippen MR) is 130 cm³/mol. The molecule has 30 heavy (non-hydrogen) atoms. The largest absolute Gasteiger partial charge is 0.368 e. The van der Waals surface area contributed by atoms with E-state index in [1.165, 1.54) is 83.5 Å². The van der Waals surface area contributed by atoms with E-state index in [4.69, 9.17) is 5.73 Å². The van der Waals surface area contributed by atoms with Crippen molar-refractivity contribution in [3.63, 3.8) is 0 Å². The number of nitrogens with two attached hydrogens (primary N) is 1. The van der Waals surface area contributed by atoms with E-state index in [2.05, 4.69) is 13.8 Å². The van der Waals surface area contributed by atoms with Gasteiger partial charge in [0.1, 0.15) is 0 Å². The number of carbonyl (C=O) groups is 2. The minimum absolute atomic E-state index is 0.0139. The van der Waals surface area contributed by atoms with Gasteiger partial charge < -0.3 is 5.73 Å². The maximum Gasteiger partial charge on any atom is 0.245 e. The minimum Gasteiger partial charge on any atom is -0.368 e. The maximum atomic E-state index is 12.8. The van der Waals surface area contributed by atoms with E-state index in [0.29, 0.717) is 13.0 Å². The molecule has 0 spiro atoms. The molecule has 0 aliphatic rings. The molecule has 0 aromatic rings. The van der Waals surface area contributed by atoms with E-state index in [9.17, 15) is 9.59 Å². The molecule has 0 saturated carbocycles. The molecule has 2 N–H and O–H groups in total. The van der Waals surface area contributed by atoms with Crippen molar-refractivity contribution in [2.75, 3.05) is 13.1 Å². The summed E-state index contributed by atoms with van der Waals surface area (Å²) in [5.74, 6) is -0.524. The van der Waals surface area contributed by atoms with E-state index in [1.807, 2.05) is 11.8 Å². The van der Waals surface area contributed by atoms with Crippen molar-refractivity contribution in [1.82, 2.24) is 4.90 Å². The first-order valence-corrected chi connectivity index (χ1v) is 13.0. The van der Waals surface area contributed by atoms with Crippen molar-refractivity contribution in [1.29, 1.82) is 0 Å². The molecular weight excluding hydrogens is 372 g/mol. The van der Waals surface area contributed by atoms with Crippen LogP contribution in [0.5, 0.6) is 0 Å². The lowest BCUT2D eigenvalue weighted by Gasteiger charge is -2.36. The van der Waals surface area contributed by atoms with Crippen LogP contribution in [0.3, 0.4) is 0 Å². The monoisotopic (exact) mass is 424 g/mol. The summed E-state index contributed by atoms with van der Waals surface area (Å²) in [6.45, 7) is 9.41. The average Bonchev–Trinajstić information content (AvgIpc) is 2.73. The second kappa shape index (κ2) is 18.8. The van der Waals surface area contributed by atoms with E-state index in [0.717, 1.165) is 25.8 Å². The third kappa shape index (κ3) is 12.1. The van der Waals surface area contributed by atoms with Gasteiger partial charge in [0.15, 0.2) is 11.3 Å². The van der Waals surface area contributed by atoms with Crippen molar-refractivity contribution >= 4 is 11.7 Å². The van der Waals surface area contributed by atoms with Gasteiger partial charge in [-0.05, 0) is 32.9 Å². The quantitative estimate of drug-likeness (QED) is 0.154. The molecule has 178 valence electrons. The second-order valence-electron chi connectivity index (χ2n) is 9.14. The van der Waals surface area contributed by atoms with Crippen LogP contribution >= 0.6 is 0 Å². The zero-order valence-electron chi connectivity index (χ0n) is 20.8. The van der Waals surface area contributed by atoms with Crippen LogP contribution < -0.4 is 5.73 Å². The van der Waals surface area contributed by atoms with Crippen molar-refractivity contribution in [2.24, 2.45) is 5.73 Å². The highest BCUT2D eigenvalue weighted by molar-refractivity contribution is 6.09. The molecular formula is C26H52N2O2. The number of ketones is 1. The average molecular weight is 425 g/mol. The van der Waals surface area contributed by atoms with Crippen LogP contribution in [0, 0.1) is 0 Å². The Kier molecular flexibility index (Phi) is 18.3. The highest BCUT2D eigenvalue weighted by Gasteiger charge is 2.43. The number of likely N-dealkylation sites (N-methyl/N-ethyl adjacent to an activating group) is 1. The Balaban J connectivity index is 3.78. The summed E-state index contributed by atoms with van der Waals surface area (Å²) < 4.78 is 0. The lowest BCUT2D eigenvalue weighted by Crippen LogP contribution is -2.60. The van der Waals surface area contributed by atoms with Gasteiger partial charge in [-0.3, -0.25) is 14.5 Å². The maximum absolute atomic E-state index is 12.8. The number of Topliss-reactive ketones (excluding diaryl/α,β-unsaturated/α-hetero) is 1. The first kappa shape index (κ1) is 29.1. The Labute approximate surface area is 187 Å². The summed E-state index contributed by atoms with van der Waals surface area (Å²) in [6.07, 6.45) is 21.0. The normalized spacial score (nSPS) is 13.5. The molecule has 4 nitrogen and oxygen atoms in total. The zero-order valence-corrected chi connectivity index (χ0v) is 20.8. The van der Waals surface area contributed by atoms with Crippen LogP contribution in [-0.2, 0) is 9.59 Å². The molecule has 0 heterocycles. The topological polar surface area (TPSA) is 63.4 Å². The molecule has 1 unspecified atom stereocenters. The molecule has 0 saturated heterocycles. The SMILES string of the molecule is CCCCCCCCCCCCCCCCCC(=O)C(C)(C(N)=O)N(CC)CCC. The van der Waals surface area contributed by atoms with Gasteiger partial charge >= 0.3 is 0 Å². The molecule has 0 aliphatic carbocycles. The highest BCUT2D eigenvalue weighted by atomic mass is 16.2. The van der Waals surface area contributed by atoms with Crippen molar-refractivity contribution in [2.45, 2.75) is 142 Å². The van der Waals surface area contributed by atoms with Crippen LogP contribution in [0.4, 0.5) is 0 Å². The second-order valence-corrected chi connectivity index (χ2v) is 9.14. The lowest BCUT2D eigenvalue weighted by molar-refractivity contribution is -0.142. The molecule has 0 aromatic carbocycles. The summed E-state index contributed by atoms with van der Waals surface area (Å²) in [7, 11) is 0. The highest BCUT2D eigenvalue weighted by Crippen LogP contribution is 2.21. The van der Waals surface area contributed by atoms with Gasteiger partial charge in [-0.2, -0.15) is 0 Å². The van der Waals surface area contributed by atoms with Crippen LogP contribution in [-0.4, -0.2) is 35.2 Å². The molecule has 0 radical (unpaired) electrons. The first-order chi connectivity index (χ1) is 14.4. The first-order valence-electron chi connectivity index (χ1n) is 13.0. The van der Waals surface area contributed by atoms with E-state index in [-0.39, 0.29) is 5.78 Å². The Hall–Kier alpha value is -0.900. The Morgan fingerprint density at radius 1 is 0.667 bits per heavy atom. The molecule has 0 aromatic heterocycles. The summed E-state index contributed by atoms with van der Waals surface area (Å²) in [5.41, 5.74) is 4.48. The van der Waals surface area contributed by atoms with Gasteiger partial charge in [0.2, 0.25) is 5.91 Å². The number of hydrogen-bond acceptors (Lipinski definition) is 3. The van der Waals surface area contributed by atoms with Crippen molar-refractivity contribution in [3.8, 4) is 0 Å². The number of rotatable bonds is 22. The van der Waals surface area contributed by atoms with Gasteiger partial charge in [0.25, 0.3) is 0 Å². The molecule has 0 aliphatic heterocycles. The standard InChI is InChI=1S/C26H52N2O2/c1-5-8-9-10-11-12-13-14-15-16-17-18-19-20-21-22-24(29)26(4,25(27)30)28(7-3)23-6-2/h5-23H2,1-4H3,(H2,27,30). The third-order valence-corrected chi connectivity index (χ3v) is 6.54. The molecule has 0 fully saturated rings. The molecule has 1 amide bonds. The number of amides is 1. The van der Waals surface area contributed by atoms with Gasteiger partial charge in [-0.1, -0.05) is 111 Å². The lowest BCUT2D eigenvalue weighted by atomic mass is 9.89. The summed E-state index contributed by atoms with van der Waals surface area (Å²) in [4.78, 5) is 26.8. The summed E-state index contributed by atoms with van der Waals surface area (Å²) in [5, 5.41) is 0. The van der Waals surface area contributed by atoms with Crippen LogP contribution in [0.25, 0.3) is 0 Å². The minimum atomic E-state index is -1.15. The number of carbonyl (C=O) groups excluding carboxylic acids is 2. The van der Waals surface area contributed by atoms with E-state index >= 15 is 0 Å². The molecule has 1 atom stereocenters. The Bertz CT molecular complexity index is 439. The fraction of sp³-hybridized carbons (Fsp3) is 0.923. The third-order valence-electron chi connectivity index (χ3n) is 6.54. The Morgan fingerprint density at radius 2 is 1.07 bits per heavy atom. The van der Waals surface area contributed by atoms with Crippen LogP contribution in [0.1, 0.15) is 137 Å². The van der Waals surface area contributed by atoms with E-state index < -0.39 is 11.4 Å². The Morgan fingerprint density at radius 3 is 1.40 bits per heavy atom. The van der Waals surface area contributed by atoms with Crippen LogP contribution in [0.15, 0.2) is 0 Å². The van der Waals surface area contributed by atoms with Crippen molar-refractivity contribution < 1.29 is 9.59 Å². The van der Waals surface area contributed by atoms with Crippen molar-refractivity contribution in [3.05, 3.63) is 0 Å². The molecule has 0 bridgehead atoms. The fourth-order valence-corrected chi connectivity index (χ4v) is 4.34. The van der Waals surface area contributed by atoms with Gasteiger partial charge in [-0.15, -0.1) is 0 Å².